The summed E-state index contributed by atoms with van der Waals surface area (Å²) in [6.45, 7) is 11.9. The van der Waals surface area contributed by atoms with Gasteiger partial charge in [0.25, 0.3) is 10.0 Å². The Morgan fingerprint density at radius 2 is 1.51 bits per heavy atom. The maximum atomic E-state index is 15.0. The fourth-order valence-electron chi connectivity index (χ4n) is 3.63. The van der Waals surface area contributed by atoms with Crippen molar-refractivity contribution in [3.8, 4) is 0 Å². The number of hydrogen-bond donors (Lipinski definition) is 0. The molecule has 200 valence electrons. The molecule has 0 aliphatic rings. The summed E-state index contributed by atoms with van der Waals surface area (Å²) in [6.07, 6.45) is 0. The van der Waals surface area contributed by atoms with E-state index in [4.69, 9.17) is 16.0 Å². The minimum absolute atomic E-state index is 0.0361. The molecule has 0 N–H and O–H groups in total. The van der Waals surface area contributed by atoms with E-state index in [1.807, 2.05) is 0 Å². The van der Waals surface area contributed by atoms with E-state index in [0.717, 1.165) is 22.5 Å². The van der Waals surface area contributed by atoms with E-state index in [2.05, 4.69) is 33.9 Å². The van der Waals surface area contributed by atoms with Gasteiger partial charge in [-0.05, 0) is 84.7 Å². The average molecular weight is 570 g/mol. The van der Waals surface area contributed by atoms with Crippen molar-refractivity contribution in [2.45, 2.75) is 63.4 Å². The van der Waals surface area contributed by atoms with Crippen LogP contribution in [0.1, 0.15) is 44.9 Å². The molecular formula is C27H31ClF3NO3SSi. The number of halogens is 4. The predicted octanol–water partition coefficient (Wildman–Crippen LogP) is 8.24. The van der Waals surface area contributed by atoms with Crippen LogP contribution in [0.4, 0.5) is 18.9 Å². The third-order valence-corrected chi connectivity index (χ3v) is 13.4. The minimum atomic E-state index is -4.41. The lowest BCUT2D eigenvalue weighted by Gasteiger charge is -2.37. The first-order valence-corrected chi connectivity index (χ1v) is 16.4. The summed E-state index contributed by atoms with van der Waals surface area (Å²) in [5.74, 6) is -2.25. The standard InChI is InChI=1S/C27H31ClF3NO3SSi/c1-18(24-13-9-21(29)15-19(24)17-35-37(5,6)27(2,3)4)32(26-16-22(30)10-14-25(26)31)36(33,34)23-11-7-20(28)8-12-23/h7-16,18H,17H2,1-6H3/t18-/m1/s1. The highest BCUT2D eigenvalue weighted by molar-refractivity contribution is 7.92. The van der Waals surface area contributed by atoms with Crippen molar-refractivity contribution in [1.29, 1.82) is 0 Å². The zero-order valence-electron chi connectivity index (χ0n) is 21.7. The Hall–Kier alpha value is -2.33. The van der Waals surface area contributed by atoms with Gasteiger partial charge >= 0.3 is 0 Å². The third-order valence-electron chi connectivity index (χ3n) is 6.82. The molecule has 1 atom stereocenters. The Kier molecular flexibility index (Phi) is 8.53. The topological polar surface area (TPSA) is 46.6 Å². The SMILES string of the molecule is C[C@H](c1ccc(F)cc1CO[Si](C)(C)C(C)(C)C)N(c1cc(F)ccc1F)S(=O)(=O)c1ccc(Cl)cc1. The average Bonchev–Trinajstić information content (AvgIpc) is 2.79. The molecular weight excluding hydrogens is 539 g/mol. The molecule has 0 amide bonds. The molecule has 0 heterocycles. The lowest BCUT2D eigenvalue weighted by atomic mass is 10.0. The molecule has 10 heteroatoms. The van der Waals surface area contributed by atoms with E-state index in [1.165, 1.54) is 42.5 Å². The van der Waals surface area contributed by atoms with Gasteiger partial charge in [0.1, 0.15) is 17.5 Å². The molecule has 3 aromatic rings. The summed E-state index contributed by atoms with van der Waals surface area (Å²) in [6, 6.07) is 10.9. The summed E-state index contributed by atoms with van der Waals surface area (Å²) in [5, 5.41) is 0.208. The normalized spacial score (nSPS) is 13.5. The molecule has 0 saturated carbocycles. The Morgan fingerprint density at radius 1 is 0.946 bits per heavy atom. The Bertz CT molecular complexity index is 1380. The largest absolute Gasteiger partial charge is 0.413 e. The molecule has 0 aliphatic carbocycles. The van der Waals surface area contributed by atoms with Gasteiger partial charge in [-0.1, -0.05) is 38.4 Å². The van der Waals surface area contributed by atoms with Gasteiger partial charge in [0.15, 0.2) is 8.32 Å². The first-order chi connectivity index (χ1) is 17.0. The van der Waals surface area contributed by atoms with Crippen molar-refractivity contribution in [2.75, 3.05) is 4.31 Å². The molecule has 0 fully saturated rings. The summed E-state index contributed by atoms with van der Waals surface area (Å²) in [7, 11) is -6.65. The Morgan fingerprint density at radius 3 is 2.11 bits per heavy atom. The van der Waals surface area contributed by atoms with E-state index >= 15 is 4.39 Å². The highest BCUT2D eigenvalue weighted by Gasteiger charge is 2.38. The van der Waals surface area contributed by atoms with Crippen LogP contribution < -0.4 is 4.31 Å². The fourth-order valence-corrected chi connectivity index (χ4v) is 6.34. The summed E-state index contributed by atoms with van der Waals surface area (Å²) in [4.78, 5) is -0.159. The molecule has 0 aliphatic heterocycles. The van der Waals surface area contributed by atoms with E-state index in [1.54, 1.807) is 6.92 Å². The van der Waals surface area contributed by atoms with E-state index in [-0.39, 0.29) is 16.5 Å². The number of nitrogens with zero attached hydrogens (tertiary/aromatic N) is 1. The monoisotopic (exact) mass is 569 g/mol. The quantitative estimate of drug-likeness (QED) is 0.257. The van der Waals surface area contributed by atoms with Gasteiger partial charge in [-0.3, -0.25) is 4.31 Å². The highest BCUT2D eigenvalue weighted by Crippen LogP contribution is 2.39. The molecule has 3 aromatic carbocycles. The van der Waals surface area contributed by atoms with Crippen LogP contribution in [-0.2, 0) is 21.1 Å². The van der Waals surface area contributed by atoms with Crippen LogP contribution in [0.15, 0.2) is 65.6 Å². The second kappa shape index (κ2) is 10.8. The lowest BCUT2D eigenvalue weighted by Crippen LogP contribution is -2.40. The van der Waals surface area contributed by atoms with E-state index in [0.29, 0.717) is 16.1 Å². The molecule has 0 spiro atoms. The molecule has 37 heavy (non-hydrogen) atoms. The zero-order valence-corrected chi connectivity index (χ0v) is 24.2. The maximum Gasteiger partial charge on any atom is 0.264 e. The lowest BCUT2D eigenvalue weighted by molar-refractivity contribution is 0.274. The molecule has 3 rings (SSSR count). The molecule has 4 nitrogen and oxygen atoms in total. The molecule has 0 radical (unpaired) electrons. The van der Waals surface area contributed by atoms with Gasteiger partial charge in [0.05, 0.1) is 23.2 Å². The van der Waals surface area contributed by atoms with Crippen molar-refractivity contribution in [2.24, 2.45) is 0 Å². The van der Waals surface area contributed by atoms with Crippen LogP contribution in [0.2, 0.25) is 23.2 Å². The third kappa shape index (κ3) is 6.39. The van der Waals surface area contributed by atoms with Crippen molar-refractivity contribution in [3.05, 3.63) is 94.3 Å². The Balaban J connectivity index is 2.17. The smallest absolute Gasteiger partial charge is 0.264 e. The van der Waals surface area contributed by atoms with Crippen LogP contribution in [0, 0.1) is 17.5 Å². The molecule has 0 unspecified atom stereocenters. The molecule has 0 saturated heterocycles. The van der Waals surface area contributed by atoms with E-state index in [9.17, 15) is 17.2 Å². The number of hydrogen-bond acceptors (Lipinski definition) is 3. The predicted molar refractivity (Wildman–Crippen MR) is 144 cm³/mol. The van der Waals surface area contributed by atoms with Crippen LogP contribution in [0.25, 0.3) is 0 Å². The zero-order chi connectivity index (χ0) is 27.8. The summed E-state index contributed by atoms with van der Waals surface area (Å²) < 4.78 is 78.4. The van der Waals surface area contributed by atoms with Gasteiger partial charge in [-0.25, -0.2) is 21.6 Å². The van der Waals surface area contributed by atoms with E-state index < -0.39 is 47.5 Å². The summed E-state index contributed by atoms with van der Waals surface area (Å²) in [5.41, 5.74) is 0.356. The van der Waals surface area contributed by atoms with Gasteiger partial charge in [0, 0.05) is 11.1 Å². The second-order valence-corrected chi connectivity index (χ2v) is 17.5. The number of rotatable bonds is 8. The second-order valence-electron chi connectivity index (χ2n) is 10.4. The van der Waals surface area contributed by atoms with Crippen molar-refractivity contribution < 1.29 is 26.0 Å². The Labute approximate surface area is 223 Å². The van der Waals surface area contributed by atoms with Crippen LogP contribution in [0.5, 0.6) is 0 Å². The van der Waals surface area contributed by atoms with Crippen molar-refractivity contribution in [3.63, 3.8) is 0 Å². The van der Waals surface area contributed by atoms with Crippen LogP contribution in [0.3, 0.4) is 0 Å². The highest BCUT2D eigenvalue weighted by atomic mass is 35.5. The van der Waals surface area contributed by atoms with Crippen LogP contribution >= 0.6 is 11.6 Å². The first-order valence-electron chi connectivity index (χ1n) is 11.7. The number of benzene rings is 3. The molecule has 0 bridgehead atoms. The minimum Gasteiger partial charge on any atom is -0.413 e. The van der Waals surface area contributed by atoms with Gasteiger partial charge in [0.2, 0.25) is 0 Å². The molecule has 0 aromatic heterocycles. The van der Waals surface area contributed by atoms with Crippen LogP contribution in [-0.4, -0.2) is 16.7 Å². The fraction of sp³-hybridized carbons (Fsp3) is 0.333. The van der Waals surface area contributed by atoms with Gasteiger partial charge in [-0.2, -0.15) is 0 Å². The number of anilines is 1. The summed E-state index contributed by atoms with van der Waals surface area (Å²) >= 11 is 5.94. The van der Waals surface area contributed by atoms with Crippen molar-refractivity contribution >= 4 is 35.6 Å². The number of sulfonamides is 1. The maximum absolute atomic E-state index is 15.0. The van der Waals surface area contributed by atoms with Crippen molar-refractivity contribution in [1.82, 2.24) is 0 Å². The van der Waals surface area contributed by atoms with Gasteiger partial charge < -0.3 is 4.43 Å². The van der Waals surface area contributed by atoms with Gasteiger partial charge in [-0.15, -0.1) is 0 Å². The first kappa shape index (κ1) is 29.2.